The molecule has 4 heterocycles. The van der Waals surface area contributed by atoms with Gasteiger partial charge in [-0.05, 0) is 37.3 Å². The van der Waals surface area contributed by atoms with E-state index < -0.39 is 22.6 Å². The van der Waals surface area contributed by atoms with Gasteiger partial charge in [-0.2, -0.15) is 0 Å². The summed E-state index contributed by atoms with van der Waals surface area (Å²) in [4.78, 5) is 45.6. The molecule has 1 aromatic heterocycles. The number of likely N-dealkylation sites (tertiary alicyclic amines) is 1. The summed E-state index contributed by atoms with van der Waals surface area (Å²) < 4.78 is 6.44. The first-order valence-electron chi connectivity index (χ1n) is 14.4. The number of amides is 2. The lowest BCUT2D eigenvalue weighted by molar-refractivity contribution is -0.153. The van der Waals surface area contributed by atoms with Crippen molar-refractivity contribution in [3.63, 3.8) is 0 Å². The van der Waals surface area contributed by atoms with Gasteiger partial charge in [-0.15, -0.1) is 23.4 Å². The zero-order chi connectivity index (χ0) is 29.1. The predicted octanol–water partition coefficient (Wildman–Crippen LogP) is 3.02. The average molecular weight is 582 g/mol. The number of para-hydroxylation sites is 1. The number of carbonyl (C=O) groups is 3. The zero-order valence-corrected chi connectivity index (χ0v) is 24.4. The van der Waals surface area contributed by atoms with E-state index in [-0.39, 0.29) is 55.4 Å². The van der Waals surface area contributed by atoms with Crippen LogP contribution in [0.1, 0.15) is 39.0 Å². The molecule has 1 spiro atoms. The van der Waals surface area contributed by atoms with Gasteiger partial charge in [0.05, 0.1) is 22.1 Å². The standard InChI is InChI=1S/C30H39N5O5S/c1-4-14-33(19-35-22-13-9-8-12-21(22)31-32-35)28(38)26-30-20(3)18-23(41-30)24(29(39)40-17-5-2)25(30)27(37)34(26)15-10-6-7-11-16-36/h4-5,8-9,12-13,20,23-26,36H,1-2,6-7,10-11,14-19H2,3H3/t20?,23-,24+,25-,26?,30?/m0/s1. The van der Waals surface area contributed by atoms with E-state index in [0.29, 0.717) is 19.4 Å². The summed E-state index contributed by atoms with van der Waals surface area (Å²) >= 11 is 1.63. The normalized spacial score (nSPS) is 28.2. The minimum absolute atomic E-state index is 0.0565. The van der Waals surface area contributed by atoms with E-state index in [9.17, 15) is 19.5 Å². The van der Waals surface area contributed by atoms with Crippen molar-refractivity contribution in [1.29, 1.82) is 0 Å². The molecule has 3 aliphatic rings. The molecular formula is C30H39N5O5S. The molecule has 2 bridgehead atoms. The van der Waals surface area contributed by atoms with Crippen molar-refractivity contribution in [2.24, 2.45) is 17.8 Å². The van der Waals surface area contributed by atoms with Crippen LogP contribution in [0.15, 0.2) is 49.6 Å². The van der Waals surface area contributed by atoms with Gasteiger partial charge in [0.15, 0.2) is 0 Å². The Kier molecular flexibility index (Phi) is 8.84. The number of aliphatic hydroxyl groups is 1. The van der Waals surface area contributed by atoms with Crippen molar-refractivity contribution in [3.05, 3.63) is 49.6 Å². The maximum atomic E-state index is 14.7. The third-order valence-electron chi connectivity index (χ3n) is 8.79. The van der Waals surface area contributed by atoms with E-state index >= 15 is 0 Å². The predicted molar refractivity (Wildman–Crippen MR) is 157 cm³/mol. The zero-order valence-electron chi connectivity index (χ0n) is 23.6. The molecule has 0 radical (unpaired) electrons. The monoisotopic (exact) mass is 581 g/mol. The van der Waals surface area contributed by atoms with Crippen LogP contribution in [0.5, 0.6) is 0 Å². The molecule has 0 saturated carbocycles. The van der Waals surface area contributed by atoms with Crippen LogP contribution < -0.4 is 0 Å². The molecular weight excluding hydrogens is 542 g/mol. The lowest BCUT2D eigenvalue weighted by atomic mass is 9.66. The lowest BCUT2D eigenvalue weighted by Crippen LogP contribution is -2.57. The summed E-state index contributed by atoms with van der Waals surface area (Å²) in [6.45, 7) is 10.7. The topological polar surface area (TPSA) is 118 Å². The Morgan fingerprint density at radius 3 is 2.76 bits per heavy atom. The Morgan fingerprint density at radius 2 is 2.00 bits per heavy atom. The first kappa shape index (κ1) is 29.3. The summed E-state index contributed by atoms with van der Waals surface area (Å²) in [5.41, 5.74) is 1.54. The van der Waals surface area contributed by atoms with E-state index in [1.807, 2.05) is 24.3 Å². The molecule has 41 heavy (non-hydrogen) atoms. The number of carbonyl (C=O) groups excluding carboxylic acids is 3. The fraction of sp³-hybridized carbons (Fsp3) is 0.567. The Bertz CT molecular complexity index is 1320. The van der Waals surface area contributed by atoms with Crippen molar-refractivity contribution in [3.8, 4) is 0 Å². The molecule has 5 rings (SSSR count). The smallest absolute Gasteiger partial charge is 0.311 e. The molecule has 1 aromatic carbocycles. The quantitative estimate of drug-likeness (QED) is 0.206. The van der Waals surface area contributed by atoms with Gasteiger partial charge in [0.1, 0.15) is 24.8 Å². The number of nitrogens with zero attached hydrogens (tertiary/aromatic N) is 5. The fourth-order valence-corrected chi connectivity index (χ4v) is 9.43. The van der Waals surface area contributed by atoms with Crippen LogP contribution in [0.3, 0.4) is 0 Å². The second-order valence-electron chi connectivity index (χ2n) is 11.2. The minimum atomic E-state index is -0.731. The molecule has 3 saturated heterocycles. The van der Waals surface area contributed by atoms with Crippen molar-refractivity contribution < 1.29 is 24.2 Å². The lowest BCUT2D eigenvalue weighted by Gasteiger charge is -2.40. The number of ether oxygens (including phenoxy) is 1. The number of thioether (sulfide) groups is 1. The third-order valence-corrected chi connectivity index (χ3v) is 10.9. The molecule has 1 N–H and O–H groups in total. The highest BCUT2D eigenvalue weighted by molar-refractivity contribution is 8.02. The second kappa shape index (κ2) is 12.4. The van der Waals surface area contributed by atoms with Crippen LogP contribution in [0.25, 0.3) is 11.0 Å². The number of rotatable bonds is 14. The first-order valence-corrected chi connectivity index (χ1v) is 15.3. The Morgan fingerprint density at radius 1 is 1.22 bits per heavy atom. The number of fused-ring (bicyclic) bond motifs is 2. The summed E-state index contributed by atoms with van der Waals surface area (Å²) in [7, 11) is 0. The summed E-state index contributed by atoms with van der Waals surface area (Å²) in [6, 6.07) is 6.85. The highest BCUT2D eigenvalue weighted by Crippen LogP contribution is 2.68. The van der Waals surface area contributed by atoms with Gasteiger partial charge in [-0.1, -0.05) is 55.8 Å². The number of benzene rings is 1. The average Bonchev–Trinajstić information content (AvgIpc) is 3.69. The molecule has 3 unspecified atom stereocenters. The molecule has 0 aliphatic carbocycles. The molecule has 11 heteroatoms. The molecule has 220 valence electrons. The van der Waals surface area contributed by atoms with Crippen LogP contribution in [0.2, 0.25) is 0 Å². The van der Waals surface area contributed by atoms with E-state index in [1.54, 1.807) is 32.3 Å². The summed E-state index contributed by atoms with van der Waals surface area (Å²) in [6.07, 6.45) is 7.04. The van der Waals surface area contributed by atoms with Gasteiger partial charge in [0.25, 0.3) is 0 Å². The van der Waals surface area contributed by atoms with E-state index in [2.05, 4.69) is 30.4 Å². The number of unbranched alkanes of at least 4 members (excludes halogenated alkanes) is 3. The van der Waals surface area contributed by atoms with Crippen molar-refractivity contribution in [1.82, 2.24) is 24.8 Å². The highest BCUT2D eigenvalue weighted by Gasteiger charge is 2.76. The van der Waals surface area contributed by atoms with Gasteiger partial charge >= 0.3 is 5.97 Å². The second-order valence-corrected chi connectivity index (χ2v) is 12.8. The molecule has 2 aromatic rings. The number of hydrogen-bond donors (Lipinski definition) is 1. The maximum absolute atomic E-state index is 14.7. The van der Waals surface area contributed by atoms with E-state index in [4.69, 9.17) is 4.74 Å². The number of aromatic nitrogens is 3. The van der Waals surface area contributed by atoms with Crippen LogP contribution in [-0.4, -0.2) is 90.0 Å². The van der Waals surface area contributed by atoms with Crippen molar-refractivity contribution in [2.45, 2.75) is 61.7 Å². The van der Waals surface area contributed by atoms with E-state index in [0.717, 1.165) is 30.3 Å². The molecule has 3 aliphatic heterocycles. The van der Waals surface area contributed by atoms with Gasteiger partial charge in [-0.25, -0.2) is 4.68 Å². The highest BCUT2D eigenvalue weighted by atomic mass is 32.2. The SMILES string of the molecule is C=CCOC(=O)[C@@H]1[C@@H]2CC(C)C3(S2)C(C(=O)N(CC=C)Cn2nnc4ccccc42)N(CCCCCCO)C(=O)[C@H]13. The van der Waals surface area contributed by atoms with Crippen molar-refractivity contribution in [2.75, 3.05) is 26.3 Å². The Balaban J connectivity index is 1.49. The number of esters is 1. The first-order chi connectivity index (χ1) is 19.9. The number of aliphatic hydroxyl groups excluding tert-OH is 1. The fourth-order valence-electron chi connectivity index (χ4n) is 7.02. The van der Waals surface area contributed by atoms with Gasteiger partial charge in [-0.3, -0.25) is 14.4 Å². The van der Waals surface area contributed by atoms with Crippen LogP contribution in [0.4, 0.5) is 0 Å². The third kappa shape index (κ3) is 5.07. The summed E-state index contributed by atoms with van der Waals surface area (Å²) in [5, 5.41) is 17.6. The van der Waals surface area contributed by atoms with Crippen molar-refractivity contribution >= 4 is 40.6 Å². The Hall–Kier alpha value is -3.18. The minimum Gasteiger partial charge on any atom is -0.461 e. The molecule has 6 atom stereocenters. The van der Waals surface area contributed by atoms with E-state index in [1.165, 1.54) is 6.08 Å². The molecule has 10 nitrogen and oxygen atoms in total. The molecule has 3 fully saturated rings. The summed E-state index contributed by atoms with van der Waals surface area (Å²) in [5.74, 6) is -1.86. The Labute approximate surface area is 244 Å². The van der Waals surface area contributed by atoms with Crippen LogP contribution >= 0.6 is 11.8 Å². The maximum Gasteiger partial charge on any atom is 0.311 e. The van der Waals surface area contributed by atoms with Gasteiger partial charge in [0, 0.05) is 24.9 Å². The van der Waals surface area contributed by atoms with Crippen LogP contribution in [0, 0.1) is 17.8 Å². The van der Waals surface area contributed by atoms with Gasteiger partial charge < -0.3 is 19.6 Å². The van der Waals surface area contributed by atoms with Gasteiger partial charge in [0.2, 0.25) is 11.8 Å². The largest absolute Gasteiger partial charge is 0.461 e. The molecule has 2 amide bonds. The number of hydrogen-bond acceptors (Lipinski definition) is 8. The van der Waals surface area contributed by atoms with Crippen LogP contribution in [-0.2, 0) is 25.8 Å².